The second-order valence-electron chi connectivity index (χ2n) is 4.41. The molecule has 1 heterocycles. The maximum atomic E-state index is 12.0. The van der Waals surface area contributed by atoms with Crippen molar-refractivity contribution < 1.29 is 9.59 Å². The van der Waals surface area contributed by atoms with Crippen LogP contribution in [-0.4, -0.2) is 24.9 Å². The zero-order chi connectivity index (χ0) is 13.7. The number of amides is 2. The quantitative estimate of drug-likeness (QED) is 0.869. The predicted molar refractivity (Wildman–Crippen MR) is 76.8 cm³/mol. The summed E-state index contributed by atoms with van der Waals surface area (Å²) < 4.78 is 0.896. The molecule has 1 atom stereocenters. The van der Waals surface area contributed by atoms with Crippen LogP contribution in [0.1, 0.15) is 30.6 Å². The molecule has 18 heavy (non-hydrogen) atoms. The molecule has 0 aliphatic rings. The first-order valence-electron chi connectivity index (χ1n) is 5.70. The predicted octanol–water partition coefficient (Wildman–Crippen LogP) is 2.40. The minimum atomic E-state index is -0.485. The SMILES string of the molecule is CNC(=O)C(CC(C)C)NC(=O)c1csc(Br)c1. The smallest absolute Gasteiger partial charge is 0.252 e. The lowest BCUT2D eigenvalue weighted by molar-refractivity contribution is -0.122. The Morgan fingerprint density at radius 2 is 2.11 bits per heavy atom. The van der Waals surface area contributed by atoms with E-state index in [1.54, 1.807) is 18.5 Å². The highest BCUT2D eigenvalue weighted by Gasteiger charge is 2.21. The van der Waals surface area contributed by atoms with Gasteiger partial charge in [0, 0.05) is 12.4 Å². The van der Waals surface area contributed by atoms with Gasteiger partial charge in [0.1, 0.15) is 6.04 Å². The molecule has 0 aromatic carbocycles. The average molecular weight is 333 g/mol. The van der Waals surface area contributed by atoms with Crippen LogP contribution in [0.15, 0.2) is 15.2 Å². The second kappa shape index (κ2) is 6.89. The standard InChI is InChI=1S/C12H17BrN2O2S/c1-7(2)4-9(12(17)14-3)15-11(16)8-5-10(13)18-6-8/h5-7,9H,4H2,1-3H3,(H,14,17)(H,15,16). The summed E-state index contributed by atoms with van der Waals surface area (Å²) in [6.45, 7) is 4.03. The fraction of sp³-hybridized carbons (Fsp3) is 0.500. The normalized spacial score (nSPS) is 12.3. The Morgan fingerprint density at radius 3 is 2.56 bits per heavy atom. The summed E-state index contributed by atoms with van der Waals surface area (Å²) in [5, 5.41) is 7.10. The lowest BCUT2D eigenvalue weighted by Crippen LogP contribution is -2.46. The highest BCUT2D eigenvalue weighted by atomic mass is 79.9. The molecule has 0 saturated carbocycles. The lowest BCUT2D eigenvalue weighted by atomic mass is 10.0. The molecule has 0 saturated heterocycles. The summed E-state index contributed by atoms with van der Waals surface area (Å²) in [6, 6.07) is 1.26. The zero-order valence-electron chi connectivity index (χ0n) is 10.6. The molecule has 0 spiro atoms. The van der Waals surface area contributed by atoms with Crippen molar-refractivity contribution in [2.45, 2.75) is 26.3 Å². The van der Waals surface area contributed by atoms with Gasteiger partial charge in [0.15, 0.2) is 0 Å². The number of likely N-dealkylation sites (N-methyl/N-ethyl adjacent to an activating group) is 1. The molecule has 0 aliphatic carbocycles. The van der Waals surface area contributed by atoms with Crippen molar-refractivity contribution in [3.05, 3.63) is 20.8 Å². The fourth-order valence-corrected chi connectivity index (χ4v) is 2.68. The minimum Gasteiger partial charge on any atom is -0.357 e. The molecule has 100 valence electrons. The van der Waals surface area contributed by atoms with Crippen LogP contribution in [0.2, 0.25) is 0 Å². The molecule has 4 nitrogen and oxygen atoms in total. The first-order valence-corrected chi connectivity index (χ1v) is 7.37. The Morgan fingerprint density at radius 1 is 1.44 bits per heavy atom. The van der Waals surface area contributed by atoms with Crippen LogP contribution in [0, 0.1) is 5.92 Å². The van der Waals surface area contributed by atoms with Crippen LogP contribution >= 0.6 is 27.3 Å². The van der Waals surface area contributed by atoms with Crippen molar-refractivity contribution >= 4 is 39.1 Å². The van der Waals surface area contributed by atoms with Crippen LogP contribution in [0.25, 0.3) is 0 Å². The van der Waals surface area contributed by atoms with Gasteiger partial charge in [-0.3, -0.25) is 9.59 Å². The largest absolute Gasteiger partial charge is 0.357 e. The van der Waals surface area contributed by atoms with E-state index < -0.39 is 6.04 Å². The molecular weight excluding hydrogens is 316 g/mol. The maximum absolute atomic E-state index is 12.0. The fourth-order valence-electron chi connectivity index (χ4n) is 1.55. The molecule has 1 rings (SSSR count). The average Bonchev–Trinajstić information content (AvgIpc) is 2.73. The number of hydrogen-bond donors (Lipinski definition) is 2. The van der Waals surface area contributed by atoms with Crippen molar-refractivity contribution in [1.29, 1.82) is 0 Å². The van der Waals surface area contributed by atoms with Crippen LogP contribution in [0.5, 0.6) is 0 Å². The second-order valence-corrected chi connectivity index (χ2v) is 6.70. The summed E-state index contributed by atoms with van der Waals surface area (Å²) in [5.74, 6) is -0.0423. The summed E-state index contributed by atoms with van der Waals surface area (Å²) in [6.07, 6.45) is 0.622. The van der Waals surface area contributed by atoms with Gasteiger partial charge in [0.2, 0.25) is 5.91 Å². The van der Waals surface area contributed by atoms with Crippen LogP contribution < -0.4 is 10.6 Å². The van der Waals surface area contributed by atoms with Gasteiger partial charge < -0.3 is 10.6 Å². The van der Waals surface area contributed by atoms with Crippen molar-refractivity contribution in [3.8, 4) is 0 Å². The number of carbonyl (C=O) groups excluding carboxylic acids is 2. The van der Waals surface area contributed by atoms with Crippen molar-refractivity contribution in [2.75, 3.05) is 7.05 Å². The van der Waals surface area contributed by atoms with E-state index in [1.807, 2.05) is 13.8 Å². The molecule has 1 aromatic heterocycles. The third-order valence-electron chi connectivity index (χ3n) is 2.40. The van der Waals surface area contributed by atoms with E-state index in [0.29, 0.717) is 17.9 Å². The topological polar surface area (TPSA) is 58.2 Å². The zero-order valence-corrected chi connectivity index (χ0v) is 13.0. The van der Waals surface area contributed by atoms with E-state index >= 15 is 0 Å². The third kappa shape index (κ3) is 4.42. The highest BCUT2D eigenvalue weighted by Crippen LogP contribution is 2.20. The van der Waals surface area contributed by atoms with E-state index in [9.17, 15) is 9.59 Å². The molecule has 0 fully saturated rings. The minimum absolute atomic E-state index is 0.161. The number of halogens is 1. The number of carbonyl (C=O) groups is 2. The number of rotatable bonds is 5. The molecule has 0 radical (unpaired) electrons. The molecule has 2 N–H and O–H groups in total. The van der Waals surface area contributed by atoms with Gasteiger partial charge in [-0.2, -0.15) is 0 Å². The van der Waals surface area contributed by atoms with Gasteiger partial charge in [0.05, 0.1) is 9.35 Å². The number of nitrogens with one attached hydrogen (secondary N) is 2. The molecular formula is C12H17BrN2O2S. The number of hydrogen-bond acceptors (Lipinski definition) is 3. The van der Waals surface area contributed by atoms with E-state index in [0.717, 1.165) is 3.79 Å². The van der Waals surface area contributed by atoms with Crippen LogP contribution in [-0.2, 0) is 4.79 Å². The van der Waals surface area contributed by atoms with Gasteiger partial charge >= 0.3 is 0 Å². The summed E-state index contributed by atoms with van der Waals surface area (Å²) in [4.78, 5) is 23.7. The Balaban J connectivity index is 2.71. The summed E-state index contributed by atoms with van der Waals surface area (Å²) >= 11 is 4.75. The maximum Gasteiger partial charge on any atom is 0.252 e. The van der Waals surface area contributed by atoms with Gasteiger partial charge in [0.25, 0.3) is 5.91 Å². The lowest BCUT2D eigenvalue weighted by Gasteiger charge is -2.18. The molecule has 0 bridgehead atoms. The van der Waals surface area contributed by atoms with Crippen LogP contribution in [0.3, 0.4) is 0 Å². The van der Waals surface area contributed by atoms with Gasteiger partial charge in [-0.25, -0.2) is 0 Å². The highest BCUT2D eigenvalue weighted by molar-refractivity contribution is 9.11. The van der Waals surface area contributed by atoms with E-state index in [1.165, 1.54) is 11.3 Å². The Bertz CT molecular complexity index is 431. The first kappa shape index (κ1) is 15.2. The summed E-state index contributed by atoms with van der Waals surface area (Å²) in [7, 11) is 1.57. The molecule has 0 aliphatic heterocycles. The Hall–Kier alpha value is -0.880. The van der Waals surface area contributed by atoms with Crippen molar-refractivity contribution in [3.63, 3.8) is 0 Å². The van der Waals surface area contributed by atoms with E-state index in [4.69, 9.17) is 0 Å². The van der Waals surface area contributed by atoms with E-state index in [2.05, 4.69) is 26.6 Å². The van der Waals surface area contributed by atoms with Gasteiger partial charge in [-0.05, 0) is 34.3 Å². The van der Waals surface area contributed by atoms with Crippen molar-refractivity contribution in [1.82, 2.24) is 10.6 Å². The van der Waals surface area contributed by atoms with Gasteiger partial charge in [-0.15, -0.1) is 11.3 Å². The van der Waals surface area contributed by atoms with E-state index in [-0.39, 0.29) is 11.8 Å². The van der Waals surface area contributed by atoms with Crippen molar-refractivity contribution in [2.24, 2.45) is 5.92 Å². The Labute approximate surface area is 119 Å². The third-order valence-corrected chi connectivity index (χ3v) is 3.91. The number of thiophene rings is 1. The monoisotopic (exact) mass is 332 g/mol. The molecule has 1 unspecified atom stereocenters. The molecule has 6 heteroatoms. The molecule has 1 aromatic rings. The summed E-state index contributed by atoms with van der Waals surface area (Å²) in [5.41, 5.74) is 0.574. The van der Waals surface area contributed by atoms with Crippen LogP contribution in [0.4, 0.5) is 0 Å². The van der Waals surface area contributed by atoms with Gasteiger partial charge in [-0.1, -0.05) is 13.8 Å². The first-order chi connectivity index (χ1) is 8.43. The molecule has 2 amide bonds. The Kier molecular flexibility index (Phi) is 5.81.